The van der Waals surface area contributed by atoms with Crippen molar-refractivity contribution in [2.24, 2.45) is 0 Å². The summed E-state index contributed by atoms with van der Waals surface area (Å²) in [5, 5.41) is 3.45. The minimum absolute atomic E-state index is 0.171. The van der Waals surface area contributed by atoms with Crippen LogP contribution in [0.3, 0.4) is 0 Å². The van der Waals surface area contributed by atoms with Gasteiger partial charge in [0.05, 0.1) is 10.9 Å². The van der Waals surface area contributed by atoms with Crippen LogP contribution in [0.15, 0.2) is 57.9 Å². The van der Waals surface area contributed by atoms with Crippen LogP contribution in [0.25, 0.3) is 0 Å². The highest BCUT2D eigenvalue weighted by molar-refractivity contribution is 9.10. The van der Waals surface area contributed by atoms with Crippen LogP contribution in [0.2, 0.25) is 0 Å². The molecule has 0 saturated heterocycles. The SMILES string of the molecule is CC[C@@H](Nc1ccc(S(=O)(=O)NC)cc1Br)c1ccccc1. The fourth-order valence-electron chi connectivity index (χ4n) is 2.19. The Hall–Kier alpha value is -1.37. The van der Waals surface area contributed by atoms with Crippen LogP contribution in [0.4, 0.5) is 5.69 Å². The molecule has 0 aliphatic carbocycles. The van der Waals surface area contributed by atoms with E-state index in [4.69, 9.17) is 0 Å². The molecule has 0 fully saturated rings. The second kappa shape index (κ2) is 7.26. The average Bonchev–Trinajstić information content (AvgIpc) is 2.54. The molecule has 6 heteroatoms. The van der Waals surface area contributed by atoms with E-state index in [1.807, 2.05) is 18.2 Å². The summed E-state index contributed by atoms with van der Waals surface area (Å²) in [5.41, 5.74) is 2.06. The Kier molecular flexibility index (Phi) is 5.61. The van der Waals surface area contributed by atoms with Crippen LogP contribution < -0.4 is 10.0 Å². The lowest BCUT2D eigenvalue weighted by Crippen LogP contribution is -2.18. The van der Waals surface area contributed by atoms with Crippen molar-refractivity contribution in [2.45, 2.75) is 24.3 Å². The van der Waals surface area contributed by atoms with Crippen molar-refractivity contribution < 1.29 is 8.42 Å². The molecule has 118 valence electrons. The molecule has 0 aliphatic rings. The van der Waals surface area contributed by atoms with E-state index in [1.165, 1.54) is 12.6 Å². The van der Waals surface area contributed by atoms with Crippen LogP contribution in [0.1, 0.15) is 24.9 Å². The molecule has 0 aliphatic heterocycles. The number of rotatable bonds is 6. The summed E-state index contributed by atoms with van der Waals surface area (Å²) in [6.45, 7) is 2.11. The normalized spacial score (nSPS) is 12.9. The van der Waals surface area contributed by atoms with Gasteiger partial charge in [-0.05, 0) is 53.2 Å². The van der Waals surface area contributed by atoms with E-state index in [2.05, 4.69) is 45.0 Å². The molecule has 4 nitrogen and oxygen atoms in total. The van der Waals surface area contributed by atoms with Gasteiger partial charge in [-0.1, -0.05) is 37.3 Å². The Balaban J connectivity index is 2.27. The Morgan fingerprint density at radius 1 is 1.14 bits per heavy atom. The maximum absolute atomic E-state index is 11.8. The van der Waals surface area contributed by atoms with Crippen molar-refractivity contribution in [3.8, 4) is 0 Å². The van der Waals surface area contributed by atoms with E-state index in [0.717, 1.165) is 16.6 Å². The molecule has 0 aromatic heterocycles. The number of anilines is 1. The van der Waals surface area contributed by atoms with E-state index in [9.17, 15) is 8.42 Å². The van der Waals surface area contributed by atoms with Gasteiger partial charge in [-0.2, -0.15) is 0 Å². The highest BCUT2D eigenvalue weighted by Crippen LogP contribution is 2.30. The predicted molar refractivity (Wildman–Crippen MR) is 93.5 cm³/mol. The van der Waals surface area contributed by atoms with Gasteiger partial charge in [0, 0.05) is 10.2 Å². The summed E-state index contributed by atoms with van der Waals surface area (Å²) in [4.78, 5) is 0.236. The number of hydrogen-bond donors (Lipinski definition) is 2. The van der Waals surface area contributed by atoms with Gasteiger partial charge >= 0.3 is 0 Å². The van der Waals surface area contributed by atoms with Crippen molar-refractivity contribution in [1.82, 2.24) is 4.72 Å². The average molecular weight is 383 g/mol. The third-order valence-corrected chi connectivity index (χ3v) is 5.53. The maximum atomic E-state index is 11.8. The monoisotopic (exact) mass is 382 g/mol. The van der Waals surface area contributed by atoms with Crippen molar-refractivity contribution in [3.05, 3.63) is 58.6 Å². The lowest BCUT2D eigenvalue weighted by Gasteiger charge is -2.20. The summed E-state index contributed by atoms with van der Waals surface area (Å²) in [6, 6.07) is 15.3. The van der Waals surface area contributed by atoms with Crippen LogP contribution in [-0.4, -0.2) is 15.5 Å². The fourth-order valence-corrected chi connectivity index (χ4v) is 3.59. The van der Waals surface area contributed by atoms with Crippen molar-refractivity contribution in [2.75, 3.05) is 12.4 Å². The summed E-state index contributed by atoms with van der Waals surface area (Å²) < 4.78 is 26.7. The first kappa shape index (κ1) is 17.0. The summed E-state index contributed by atoms with van der Waals surface area (Å²) in [5.74, 6) is 0. The van der Waals surface area contributed by atoms with Crippen LogP contribution in [0, 0.1) is 0 Å². The van der Waals surface area contributed by atoms with Gasteiger partial charge in [0.2, 0.25) is 10.0 Å². The number of benzene rings is 2. The number of halogens is 1. The lowest BCUT2D eigenvalue weighted by molar-refractivity contribution is 0.588. The molecular weight excluding hydrogens is 364 g/mol. The largest absolute Gasteiger partial charge is 0.377 e. The standard InChI is InChI=1S/C16H19BrN2O2S/c1-3-15(12-7-5-4-6-8-12)19-16-10-9-13(11-14(16)17)22(20,21)18-2/h4-11,15,18-19H,3H2,1-2H3/t15-/m1/s1. The lowest BCUT2D eigenvalue weighted by atomic mass is 10.0. The maximum Gasteiger partial charge on any atom is 0.240 e. The second-order valence-corrected chi connectivity index (χ2v) is 7.61. The van der Waals surface area contributed by atoms with Gasteiger partial charge in [0.15, 0.2) is 0 Å². The van der Waals surface area contributed by atoms with E-state index in [1.54, 1.807) is 18.2 Å². The summed E-state index contributed by atoms with van der Waals surface area (Å²) >= 11 is 3.44. The first-order valence-electron chi connectivity index (χ1n) is 7.02. The molecule has 2 rings (SSSR count). The smallest absolute Gasteiger partial charge is 0.240 e. The summed E-state index contributed by atoms with van der Waals surface area (Å²) in [7, 11) is -2.03. The van der Waals surface area contributed by atoms with Gasteiger partial charge in [-0.25, -0.2) is 13.1 Å². The first-order valence-corrected chi connectivity index (χ1v) is 9.30. The van der Waals surface area contributed by atoms with Gasteiger partial charge in [0.1, 0.15) is 0 Å². The third kappa shape index (κ3) is 3.88. The minimum Gasteiger partial charge on any atom is -0.377 e. The molecule has 0 spiro atoms. The van der Waals surface area contributed by atoms with Gasteiger partial charge in [0.25, 0.3) is 0 Å². The quantitative estimate of drug-likeness (QED) is 0.795. The van der Waals surface area contributed by atoms with Gasteiger partial charge < -0.3 is 5.32 Å². The Morgan fingerprint density at radius 3 is 2.36 bits per heavy atom. The van der Waals surface area contributed by atoms with Gasteiger partial charge in [-0.3, -0.25) is 0 Å². The van der Waals surface area contributed by atoms with E-state index >= 15 is 0 Å². The molecule has 0 bridgehead atoms. The zero-order chi connectivity index (χ0) is 16.2. The topological polar surface area (TPSA) is 58.2 Å². The molecule has 2 aromatic rings. The molecule has 0 radical (unpaired) electrons. The Morgan fingerprint density at radius 2 is 1.82 bits per heavy atom. The molecule has 2 aromatic carbocycles. The third-order valence-electron chi connectivity index (χ3n) is 3.46. The molecule has 0 heterocycles. The molecule has 2 N–H and O–H groups in total. The fraction of sp³-hybridized carbons (Fsp3) is 0.250. The molecular formula is C16H19BrN2O2S. The zero-order valence-electron chi connectivity index (χ0n) is 12.5. The highest BCUT2D eigenvalue weighted by atomic mass is 79.9. The highest BCUT2D eigenvalue weighted by Gasteiger charge is 2.15. The van der Waals surface area contributed by atoms with E-state index in [-0.39, 0.29) is 10.9 Å². The van der Waals surface area contributed by atoms with E-state index < -0.39 is 10.0 Å². The van der Waals surface area contributed by atoms with E-state index in [0.29, 0.717) is 0 Å². The van der Waals surface area contributed by atoms with Crippen molar-refractivity contribution in [1.29, 1.82) is 0 Å². The van der Waals surface area contributed by atoms with Crippen molar-refractivity contribution >= 4 is 31.6 Å². The van der Waals surface area contributed by atoms with Crippen LogP contribution >= 0.6 is 15.9 Å². The second-order valence-electron chi connectivity index (χ2n) is 4.87. The van der Waals surface area contributed by atoms with Gasteiger partial charge in [-0.15, -0.1) is 0 Å². The molecule has 1 atom stereocenters. The summed E-state index contributed by atoms with van der Waals surface area (Å²) in [6.07, 6.45) is 0.924. The minimum atomic E-state index is -3.43. The number of sulfonamides is 1. The zero-order valence-corrected chi connectivity index (χ0v) is 14.9. The Bertz CT molecular complexity index is 733. The first-order chi connectivity index (χ1) is 10.5. The number of hydrogen-bond acceptors (Lipinski definition) is 3. The molecule has 0 saturated carbocycles. The molecule has 0 unspecified atom stereocenters. The molecule has 22 heavy (non-hydrogen) atoms. The predicted octanol–water partition coefficient (Wildman–Crippen LogP) is 3.92. The molecule has 0 amide bonds. The van der Waals surface area contributed by atoms with Crippen molar-refractivity contribution in [3.63, 3.8) is 0 Å². The number of nitrogens with one attached hydrogen (secondary N) is 2. The van der Waals surface area contributed by atoms with Crippen LogP contribution in [0.5, 0.6) is 0 Å². The van der Waals surface area contributed by atoms with Crippen LogP contribution in [-0.2, 0) is 10.0 Å². The Labute approximate surface area is 140 Å².